The number of anilines is 1. The summed E-state index contributed by atoms with van der Waals surface area (Å²) in [5, 5.41) is 17.5. The van der Waals surface area contributed by atoms with Gasteiger partial charge in [-0.25, -0.2) is 4.79 Å². The molecule has 2 aromatic carbocycles. The monoisotopic (exact) mass is 403 g/mol. The first-order valence-electron chi connectivity index (χ1n) is 9.51. The van der Waals surface area contributed by atoms with Crippen molar-refractivity contribution in [2.75, 3.05) is 5.32 Å². The molecule has 0 saturated carbocycles. The molecule has 0 aliphatic rings. The summed E-state index contributed by atoms with van der Waals surface area (Å²) in [6.45, 7) is 3.81. The van der Waals surface area contributed by atoms with E-state index in [9.17, 15) is 14.7 Å². The molecule has 1 atom stereocenters. The van der Waals surface area contributed by atoms with Crippen molar-refractivity contribution >= 4 is 22.6 Å². The molecule has 0 amide bonds. The summed E-state index contributed by atoms with van der Waals surface area (Å²) < 4.78 is 7.77. The summed E-state index contributed by atoms with van der Waals surface area (Å²) in [5.41, 5.74) is 3.23. The van der Waals surface area contributed by atoms with Gasteiger partial charge in [-0.3, -0.25) is 9.48 Å². The minimum absolute atomic E-state index is 0.153. The predicted molar refractivity (Wildman–Crippen MR) is 115 cm³/mol. The molecule has 0 bridgehead atoms. The molecule has 0 spiro atoms. The summed E-state index contributed by atoms with van der Waals surface area (Å²) in [6.07, 6.45) is 1.78. The largest absolute Gasteiger partial charge is 0.478 e. The molecule has 4 rings (SSSR count). The van der Waals surface area contributed by atoms with Crippen LogP contribution in [0.4, 0.5) is 5.69 Å². The molecule has 7 heteroatoms. The van der Waals surface area contributed by atoms with Crippen LogP contribution in [-0.2, 0) is 7.05 Å². The van der Waals surface area contributed by atoms with Gasteiger partial charge in [0, 0.05) is 30.6 Å². The van der Waals surface area contributed by atoms with E-state index in [4.69, 9.17) is 4.42 Å². The SMILES string of the molecule is Cc1cc([C@@H](C)Nc2ccccc2C(=O)O)c2oc(-c3ccn(C)n3)cc(=O)c2c1. The van der Waals surface area contributed by atoms with Crippen LogP contribution < -0.4 is 10.7 Å². The summed E-state index contributed by atoms with van der Waals surface area (Å²) in [6, 6.07) is 13.4. The van der Waals surface area contributed by atoms with Crippen LogP contribution in [0, 0.1) is 6.92 Å². The Morgan fingerprint density at radius 2 is 1.97 bits per heavy atom. The standard InChI is InChI=1S/C23H21N3O4/c1-13-10-16(14(2)24-18-7-5-4-6-15(18)23(28)29)22-17(11-13)20(27)12-21(30-22)19-8-9-26(3)25-19/h4-12,14,24H,1-3H3,(H,28,29)/t14-/m1/s1. The van der Waals surface area contributed by atoms with Crippen LogP contribution >= 0.6 is 0 Å². The van der Waals surface area contributed by atoms with E-state index in [1.165, 1.54) is 6.07 Å². The highest BCUT2D eigenvalue weighted by molar-refractivity contribution is 5.94. The molecule has 152 valence electrons. The van der Waals surface area contributed by atoms with Crippen molar-refractivity contribution in [3.05, 3.63) is 81.6 Å². The minimum atomic E-state index is -1.01. The highest BCUT2D eigenvalue weighted by Gasteiger charge is 2.18. The van der Waals surface area contributed by atoms with Crippen LogP contribution in [0.15, 0.2) is 63.9 Å². The average Bonchev–Trinajstić information content (AvgIpc) is 3.14. The van der Waals surface area contributed by atoms with Crippen LogP contribution in [-0.4, -0.2) is 20.9 Å². The maximum absolute atomic E-state index is 12.8. The topological polar surface area (TPSA) is 97.4 Å². The molecule has 2 aromatic heterocycles. The maximum Gasteiger partial charge on any atom is 0.337 e. The average molecular weight is 403 g/mol. The normalized spacial score (nSPS) is 12.1. The van der Waals surface area contributed by atoms with E-state index in [2.05, 4.69) is 10.4 Å². The number of aryl methyl sites for hydroxylation is 2. The third-order valence-corrected chi connectivity index (χ3v) is 4.96. The molecule has 4 aromatic rings. The number of hydrogen-bond donors (Lipinski definition) is 2. The smallest absolute Gasteiger partial charge is 0.337 e. The third-order valence-electron chi connectivity index (χ3n) is 4.96. The van der Waals surface area contributed by atoms with Gasteiger partial charge in [0.05, 0.1) is 17.0 Å². The van der Waals surface area contributed by atoms with E-state index in [-0.39, 0.29) is 17.0 Å². The lowest BCUT2D eigenvalue weighted by Crippen LogP contribution is -2.12. The molecule has 0 unspecified atom stereocenters. The second kappa shape index (κ2) is 7.51. The molecule has 0 fully saturated rings. The molecule has 7 nitrogen and oxygen atoms in total. The first-order valence-corrected chi connectivity index (χ1v) is 9.51. The van der Waals surface area contributed by atoms with E-state index in [1.807, 2.05) is 19.9 Å². The Hall–Kier alpha value is -3.87. The second-order valence-electron chi connectivity index (χ2n) is 7.30. The van der Waals surface area contributed by atoms with Gasteiger partial charge in [-0.15, -0.1) is 0 Å². The molecule has 0 aliphatic carbocycles. The summed E-state index contributed by atoms with van der Waals surface area (Å²) in [5.74, 6) is -0.625. The Morgan fingerprint density at radius 1 is 1.20 bits per heavy atom. The number of rotatable bonds is 5. The lowest BCUT2D eigenvalue weighted by atomic mass is 10.0. The number of fused-ring (bicyclic) bond motifs is 1. The van der Waals surface area contributed by atoms with E-state index in [1.54, 1.807) is 54.3 Å². The van der Waals surface area contributed by atoms with Crippen LogP contribution in [0.1, 0.15) is 34.5 Å². The number of carbonyl (C=O) groups is 1. The van der Waals surface area contributed by atoms with Gasteiger partial charge in [-0.1, -0.05) is 18.2 Å². The van der Waals surface area contributed by atoms with Gasteiger partial charge in [0.15, 0.2) is 11.2 Å². The number of para-hydroxylation sites is 1. The minimum Gasteiger partial charge on any atom is -0.478 e. The van der Waals surface area contributed by atoms with Gasteiger partial charge in [-0.2, -0.15) is 5.10 Å². The van der Waals surface area contributed by atoms with Crippen molar-refractivity contribution in [3.8, 4) is 11.5 Å². The Balaban J connectivity index is 1.84. The molecular formula is C23H21N3O4. The summed E-state index contributed by atoms with van der Waals surface area (Å²) in [4.78, 5) is 24.4. The van der Waals surface area contributed by atoms with Crippen molar-refractivity contribution in [1.29, 1.82) is 0 Å². The lowest BCUT2D eigenvalue weighted by molar-refractivity contribution is 0.0698. The Morgan fingerprint density at radius 3 is 2.67 bits per heavy atom. The fourth-order valence-electron chi connectivity index (χ4n) is 3.54. The van der Waals surface area contributed by atoms with Gasteiger partial charge in [-0.05, 0) is 43.7 Å². The number of aromatic carboxylic acids is 1. The Bertz CT molecular complexity index is 1320. The number of aromatic nitrogens is 2. The van der Waals surface area contributed by atoms with Crippen molar-refractivity contribution in [2.45, 2.75) is 19.9 Å². The highest BCUT2D eigenvalue weighted by atomic mass is 16.4. The fraction of sp³-hybridized carbons (Fsp3) is 0.174. The van der Waals surface area contributed by atoms with Crippen molar-refractivity contribution < 1.29 is 14.3 Å². The van der Waals surface area contributed by atoms with Crippen molar-refractivity contribution in [1.82, 2.24) is 9.78 Å². The number of nitrogens with zero attached hydrogens (tertiary/aromatic N) is 2. The predicted octanol–water partition coefficient (Wildman–Crippen LogP) is 4.37. The van der Waals surface area contributed by atoms with Gasteiger partial charge in [0.25, 0.3) is 0 Å². The van der Waals surface area contributed by atoms with E-state index >= 15 is 0 Å². The number of benzene rings is 2. The van der Waals surface area contributed by atoms with E-state index in [0.717, 1.165) is 11.1 Å². The van der Waals surface area contributed by atoms with Gasteiger partial charge < -0.3 is 14.8 Å². The first kappa shape index (κ1) is 19.4. The summed E-state index contributed by atoms with van der Waals surface area (Å²) in [7, 11) is 1.79. The van der Waals surface area contributed by atoms with Crippen LogP contribution in [0.25, 0.3) is 22.4 Å². The van der Waals surface area contributed by atoms with Gasteiger partial charge in [0.1, 0.15) is 11.3 Å². The number of carboxylic acid groups (broad SMARTS) is 1. The van der Waals surface area contributed by atoms with E-state index in [0.29, 0.717) is 28.1 Å². The van der Waals surface area contributed by atoms with Crippen LogP contribution in [0.3, 0.4) is 0 Å². The molecule has 0 radical (unpaired) electrons. The third kappa shape index (κ3) is 3.57. The summed E-state index contributed by atoms with van der Waals surface area (Å²) >= 11 is 0. The maximum atomic E-state index is 12.8. The molecule has 30 heavy (non-hydrogen) atoms. The number of hydrogen-bond acceptors (Lipinski definition) is 5. The molecule has 2 heterocycles. The van der Waals surface area contributed by atoms with Gasteiger partial charge >= 0.3 is 5.97 Å². The lowest BCUT2D eigenvalue weighted by Gasteiger charge is -2.19. The van der Waals surface area contributed by atoms with Crippen molar-refractivity contribution in [3.63, 3.8) is 0 Å². The van der Waals surface area contributed by atoms with Crippen LogP contribution in [0.5, 0.6) is 0 Å². The fourth-order valence-corrected chi connectivity index (χ4v) is 3.54. The first-order chi connectivity index (χ1) is 14.3. The molecule has 0 saturated heterocycles. The van der Waals surface area contributed by atoms with Crippen molar-refractivity contribution in [2.24, 2.45) is 7.05 Å². The Kier molecular flexibility index (Phi) is 4.87. The molecule has 2 N–H and O–H groups in total. The quantitative estimate of drug-likeness (QED) is 0.513. The second-order valence-corrected chi connectivity index (χ2v) is 7.30. The van der Waals surface area contributed by atoms with E-state index < -0.39 is 5.97 Å². The van der Waals surface area contributed by atoms with Gasteiger partial charge in [0.2, 0.25) is 0 Å². The molecular weight excluding hydrogens is 382 g/mol. The zero-order chi connectivity index (χ0) is 21.4. The number of nitrogens with one attached hydrogen (secondary N) is 1. The zero-order valence-electron chi connectivity index (χ0n) is 16.8. The molecule has 0 aliphatic heterocycles. The highest BCUT2D eigenvalue weighted by Crippen LogP contribution is 2.30. The van der Waals surface area contributed by atoms with Crippen LogP contribution in [0.2, 0.25) is 0 Å². The Labute approximate surface area is 172 Å². The zero-order valence-corrected chi connectivity index (χ0v) is 16.8. The number of carboxylic acids is 1.